The molecule has 0 amide bonds. The van der Waals surface area contributed by atoms with Gasteiger partial charge in [-0.05, 0) is 31.2 Å². The van der Waals surface area contributed by atoms with Gasteiger partial charge >= 0.3 is 0 Å². The summed E-state index contributed by atoms with van der Waals surface area (Å²) in [6, 6.07) is 12.0. The lowest BCUT2D eigenvalue weighted by atomic mass is 10.0. The van der Waals surface area contributed by atoms with Crippen molar-refractivity contribution < 1.29 is 8.78 Å². The van der Waals surface area contributed by atoms with Crippen LogP contribution in [0.5, 0.6) is 0 Å². The van der Waals surface area contributed by atoms with Crippen LogP contribution in [0.15, 0.2) is 41.4 Å². The maximum atomic E-state index is 15.3. The molecule has 2 aliphatic heterocycles. The zero-order valence-corrected chi connectivity index (χ0v) is 19.9. The smallest absolute Gasteiger partial charge is 0.220 e. The number of nitrogens with one attached hydrogen (secondary N) is 1. The van der Waals surface area contributed by atoms with Crippen LogP contribution in [0.4, 0.5) is 20.3 Å². The van der Waals surface area contributed by atoms with E-state index < -0.39 is 4.87 Å². The molecule has 1 N–H and O–H groups in total. The van der Waals surface area contributed by atoms with Gasteiger partial charge in [0.05, 0.1) is 11.6 Å². The molecule has 1 fully saturated rings. The van der Waals surface area contributed by atoms with E-state index in [4.69, 9.17) is 0 Å². The number of aromatic nitrogens is 2. The van der Waals surface area contributed by atoms with Crippen LogP contribution < -0.4 is 15.1 Å². The van der Waals surface area contributed by atoms with Crippen LogP contribution in [0.1, 0.15) is 12.5 Å². The molecule has 1 saturated heterocycles. The number of halogens is 2. The van der Waals surface area contributed by atoms with Gasteiger partial charge in [-0.3, -0.25) is 4.99 Å². The Balaban J connectivity index is 1.65. The molecule has 0 aliphatic carbocycles. The Hall–Kier alpha value is -3.16. The molecule has 0 bridgehead atoms. The second-order valence-corrected chi connectivity index (χ2v) is 9.44. The summed E-state index contributed by atoms with van der Waals surface area (Å²) in [5, 5.41) is 18.9. The molecule has 1 atom stereocenters. The first kappa shape index (κ1) is 22.6. The number of nitriles is 1. The molecule has 0 spiro atoms. The SMILES string of the molecule is CCn1nc2c(F)cc(N3CCNCC3)cc2c1N(C)C1(C#N)SCN=C1c1ccc(F)cc1. The zero-order chi connectivity index (χ0) is 23.9. The molecule has 34 heavy (non-hydrogen) atoms. The van der Waals surface area contributed by atoms with Gasteiger partial charge in [-0.25, -0.2) is 13.5 Å². The van der Waals surface area contributed by atoms with Crippen molar-refractivity contribution in [3.05, 3.63) is 53.6 Å². The quantitative estimate of drug-likeness (QED) is 0.601. The van der Waals surface area contributed by atoms with Crippen molar-refractivity contribution in [2.75, 3.05) is 48.9 Å². The van der Waals surface area contributed by atoms with Crippen LogP contribution in [0.2, 0.25) is 0 Å². The minimum Gasteiger partial charge on any atom is -0.369 e. The van der Waals surface area contributed by atoms with Gasteiger partial charge in [-0.15, -0.1) is 0 Å². The number of hydrogen-bond donors (Lipinski definition) is 1. The number of thioether (sulfide) groups is 1. The Labute approximate surface area is 201 Å². The van der Waals surface area contributed by atoms with E-state index in [1.807, 2.05) is 24.9 Å². The van der Waals surface area contributed by atoms with Crippen molar-refractivity contribution in [3.63, 3.8) is 0 Å². The average molecular weight is 482 g/mol. The number of hydrogen-bond acceptors (Lipinski definition) is 7. The number of fused-ring (bicyclic) bond motifs is 1. The maximum absolute atomic E-state index is 15.3. The molecule has 10 heteroatoms. The van der Waals surface area contributed by atoms with E-state index in [0.29, 0.717) is 34.9 Å². The third-order valence-corrected chi connectivity index (χ3v) is 7.65. The van der Waals surface area contributed by atoms with Crippen molar-refractivity contribution in [1.82, 2.24) is 15.1 Å². The molecule has 0 radical (unpaired) electrons. The van der Waals surface area contributed by atoms with Crippen molar-refractivity contribution in [3.8, 4) is 6.07 Å². The van der Waals surface area contributed by atoms with Crippen molar-refractivity contribution in [2.24, 2.45) is 4.99 Å². The summed E-state index contributed by atoms with van der Waals surface area (Å²) in [4.78, 5) is 7.44. The molecule has 1 aromatic heterocycles. The highest BCUT2D eigenvalue weighted by Gasteiger charge is 2.47. The molecule has 3 heterocycles. The highest BCUT2D eigenvalue weighted by Crippen LogP contribution is 2.43. The van der Waals surface area contributed by atoms with Crippen molar-refractivity contribution in [1.29, 1.82) is 5.26 Å². The van der Waals surface area contributed by atoms with Gasteiger partial charge in [0.2, 0.25) is 4.87 Å². The summed E-state index contributed by atoms with van der Waals surface area (Å²) in [6.07, 6.45) is 0. The predicted molar refractivity (Wildman–Crippen MR) is 133 cm³/mol. The van der Waals surface area contributed by atoms with E-state index in [9.17, 15) is 9.65 Å². The Morgan fingerprint density at radius 1 is 1.21 bits per heavy atom. The van der Waals surface area contributed by atoms with E-state index in [1.54, 1.807) is 22.9 Å². The largest absolute Gasteiger partial charge is 0.369 e. The Kier molecular flexibility index (Phi) is 5.91. The molecule has 2 aliphatic rings. The standard InChI is InChI=1S/C24H25F2N7S/c1-3-33-23(19-12-18(13-20(26)21(19)30-33)32-10-8-28-9-11-32)31(2)24(14-27)22(29-15-34-24)16-4-6-17(25)7-5-16/h4-7,12-13,28H,3,8-11,15H2,1-2H3. The zero-order valence-electron chi connectivity index (χ0n) is 19.1. The second kappa shape index (κ2) is 8.89. The maximum Gasteiger partial charge on any atom is 0.220 e. The minimum absolute atomic E-state index is 0.277. The lowest BCUT2D eigenvalue weighted by Gasteiger charge is -2.35. The minimum atomic E-state index is -1.17. The van der Waals surface area contributed by atoms with Crippen molar-refractivity contribution >= 4 is 39.9 Å². The van der Waals surface area contributed by atoms with Gasteiger partial charge in [-0.2, -0.15) is 10.4 Å². The Bertz CT molecular complexity index is 1290. The fourth-order valence-corrected chi connectivity index (χ4v) is 5.71. The molecule has 1 unspecified atom stereocenters. The van der Waals surface area contributed by atoms with E-state index in [1.165, 1.54) is 23.9 Å². The number of aryl methyl sites for hydroxylation is 1. The van der Waals surface area contributed by atoms with Gasteiger partial charge in [0.1, 0.15) is 23.2 Å². The van der Waals surface area contributed by atoms with Gasteiger partial charge in [0.25, 0.3) is 0 Å². The van der Waals surface area contributed by atoms with Crippen LogP contribution in [-0.4, -0.2) is 59.5 Å². The molecule has 7 nitrogen and oxygen atoms in total. The number of anilines is 2. The average Bonchev–Trinajstić information content (AvgIpc) is 3.47. The first-order valence-corrected chi connectivity index (χ1v) is 12.2. The predicted octanol–water partition coefficient (Wildman–Crippen LogP) is 3.59. The number of piperazine rings is 1. The van der Waals surface area contributed by atoms with Crippen LogP contribution in [-0.2, 0) is 6.54 Å². The third-order valence-electron chi connectivity index (χ3n) is 6.41. The first-order chi connectivity index (χ1) is 16.5. The van der Waals surface area contributed by atoms with Crippen LogP contribution >= 0.6 is 11.8 Å². The van der Waals surface area contributed by atoms with Gasteiger partial charge in [-0.1, -0.05) is 23.9 Å². The fourth-order valence-electron chi connectivity index (χ4n) is 4.67. The highest BCUT2D eigenvalue weighted by molar-refractivity contribution is 8.02. The van der Waals surface area contributed by atoms with E-state index in [0.717, 1.165) is 31.9 Å². The topological polar surface area (TPSA) is 72.5 Å². The monoisotopic (exact) mass is 481 g/mol. The summed E-state index contributed by atoms with van der Waals surface area (Å²) in [5.74, 6) is 0.310. The lowest BCUT2D eigenvalue weighted by Crippen LogP contribution is -2.49. The second-order valence-electron chi connectivity index (χ2n) is 8.30. The van der Waals surface area contributed by atoms with Gasteiger partial charge < -0.3 is 15.1 Å². The summed E-state index contributed by atoms with van der Waals surface area (Å²) in [6.45, 7) is 5.70. The molecular formula is C24H25F2N7S. The van der Waals surface area contributed by atoms with E-state index in [2.05, 4.69) is 26.4 Å². The number of nitrogens with zero attached hydrogens (tertiary/aromatic N) is 6. The van der Waals surface area contributed by atoms with Gasteiger partial charge in [0, 0.05) is 56.4 Å². The number of aliphatic imine (C=N–C) groups is 1. The molecule has 0 saturated carbocycles. The molecular weight excluding hydrogens is 456 g/mol. The molecule has 3 aromatic rings. The molecule has 2 aromatic carbocycles. The summed E-state index contributed by atoms with van der Waals surface area (Å²) in [5.41, 5.74) is 2.31. The highest BCUT2D eigenvalue weighted by atomic mass is 32.2. The van der Waals surface area contributed by atoms with Crippen molar-refractivity contribution in [2.45, 2.75) is 18.3 Å². The van der Waals surface area contributed by atoms with Crippen LogP contribution in [0, 0.1) is 23.0 Å². The van der Waals surface area contributed by atoms with Crippen LogP contribution in [0.25, 0.3) is 10.9 Å². The molecule has 176 valence electrons. The Morgan fingerprint density at radius 2 is 1.94 bits per heavy atom. The first-order valence-electron chi connectivity index (χ1n) is 11.2. The number of benzene rings is 2. The van der Waals surface area contributed by atoms with E-state index in [-0.39, 0.29) is 17.2 Å². The molecule has 5 rings (SSSR count). The lowest BCUT2D eigenvalue weighted by molar-refractivity contribution is 0.585. The third kappa shape index (κ3) is 3.60. The van der Waals surface area contributed by atoms with E-state index >= 15 is 4.39 Å². The number of rotatable bonds is 5. The van der Waals surface area contributed by atoms with Crippen LogP contribution in [0.3, 0.4) is 0 Å². The summed E-state index contributed by atoms with van der Waals surface area (Å²) in [7, 11) is 1.82. The fraction of sp³-hybridized carbons (Fsp3) is 0.375. The van der Waals surface area contributed by atoms with Gasteiger partial charge in [0.15, 0.2) is 5.82 Å². The Morgan fingerprint density at radius 3 is 2.62 bits per heavy atom. The summed E-state index contributed by atoms with van der Waals surface area (Å²) >= 11 is 1.38. The number of likely N-dealkylation sites (N-methyl/N-ethyl adjacent to an activating group) is 1. The summed E-state index contributed by atoms with van der Waals surface area (Å²) < 4.78 is 30.6. The normalized spacial score (nSPS) is 20.4.